The zero-order valence-corrected chi connectivity index (χ0v) is 15.7. The second kappa shape index (κ2) is 7.52. The summed E-state index contributed by atoms with van der Waals surface area (Å²) in [5.74, 6) is -0.872. The van der Waals surface area contributed by atoms with Gasteiger partial charge in [-0.25, -0.2) is 0 Å². The zero-order chi connectivity index (χ0) is 19.5. The molecule has 0 aromatic heterocycles. The Morgan fingerprint density at radius 3 is 1.77 bits per heavy atom. The van der Waals surface area contributed by atoms with Crippen molar-refractivity contribution < 1.29 is 19.8 Å². The largest absolute Gasteiger partial charge is 0.389 e. The van der Waals surface area contributed by atoms with Crippen LogP contribution in [0.5, 0.6) is 0 Å². The van der Waals surface area contributed by atoms with Crippen molar-refractivity contribution in [2.45, 2.75) is 51.2 Å². The molecule has 0 amide bonds. The van der Waals surface area contributed by atoms with E-state index < -0.39 is 17.1 Å². The summed E-state index contributed by atoms with van der Waals surface area (Å²) in [4.78, 5) is 23.3. The summed E-state index contributed by atoms with van der Waals surface area (Å²) in [5.41, 5.74) is 0.882. The van der Waals surface area contributed by atoms with Gasteiger partial charge in [-0.15, -0.1) is 0 Å². The zero-order valence-electron chi connectivity index (χ0n) is 15.7. The minimum absolute atomic E-state index is 0.306. The number of carbonyl (C=O) groups excluding carboxylic acids is 2. The summed E-state index contributed by atoms with van der Waals surface area (Å²) in [5, 5.41) is 19.9. The smallest absolute Gasteiger partial charge is 0.193 e. The molecule has 0 fully saturated rings. The molecule has 2 rings (SSSR count). The van der Waals surface area contributed by atoms with Crippen molar-refractivity contribution in [3.8, 4) is 0 Å². The van der Waals surface area contributed by atoms with Crippen molar-refractivity contribution in [3.05, 3.63) is 70.8 Å². The Balaban J connectivity index is 2.12. The van der Waals surface area contributed by atoms with Gasteiger partial charge in [-0.05, 0) is 50.8 Å². The first-order valence-electron chi connectivity index (χ1n) is 8.65. The van der Waals surface area contributed by atoms with Crippen LogP contribution in [0.25, 0.3) is 0 Å². The van der Waals surface area contributed by atoms with Gasteiger partial charge >= 0.3 is 0 Å². The van der Waals surface area contributed by atoms with Gasteiger partial charge in [0.25, 0.3) is 0 Å². The highest BCUT2D eigenvalue weighted by molar-refractivity contribution is 6.01. The summed E-state index contributed by atoms with van der Waals surface area (Å²) >= 11 is 0. The number of hydrogen-bond donors (Lipinski definition) is 2. The maximum atomic E-state index is 12.0. The van der Waals surface area contributed by atoms with Crippen molar-refractivity contribution in [2.24, 2.45) is 0 Å². The third-order valence-corrected chi connectivity index (χ3v) is 4.42. The third kappa shape index (κ3) is 4.87. The molecule has 0 unspecified atom stereocenters. The van der Waals surface area contributed by atoms with Gasteiger partial charge in [-0.1, -0.05) is 48.5 Å². The first kappa shape index (κ1) is 20.0. The Labute approximate surface area is 154 Å². The van der Waals surface area contributed by atoms with E-state index in [1.54, 1.807) is 26.0 Å². The van der Waals surface area contributed by atoms with E-state index in [-0.39, 0.29) is 5.78 Å². The van der Waals surface area contributed by atoms with Gasteiger partial charge in [-0.3, -0.25) is 4.79 Å². The van der Waals surface area contributed by atoms with E-state index in [1.807, 2.05) is 36.4 Å². The van der Waals surface area contributed by atoms with Gasteiger partial charge < -0.3 is 15.0 Å². The number of aldehydes is 1. The molecule has 26 heavy (non-hydrogen) atoms. The highest BCUT2D eigenvalue weighted by Gasteiger charge is 2.28. The summed E-state index contributed by atoms with van der Waals surface area (Å²) in [6.45, 7) is 6.20. The van der Waals surface area contributed by atoms with E-state index in [9.17, 15) is 19.8 Å². The molecular weight excluding hydrogens is 328 g/mol. The normalized spacial score (nSPS) is 13.3. The monoisotopic (exact) mass is 354 g/mol. The summed E-state index contributed by atoms with van der Waals surface area (Å²) in [6, 6.07) is 14.8. The van der Waals surface area contributed by atoms with Crippen molar-refractivity contribution in [3.63, 3.8) is 0 Å². The first-order valence-corrected chi connectivity index (χ1v) is 8.65. The lowest BCUT2D eigenvalue weighted by Crippen LogP contribution is -2.31. The van der Waals surface area contributed by atoms with Crippen molar-refractivity contribution in [1.82, 2.24) is 0 Å². The molecule has 0 aliphatic rings. The van der Waals surface area contributed by atoms with Gasteiger partial charge in [0, 0.05) is 5.56 Å². The molecule has 0 aliphatic carbocycles. The van der Waals surface area contributed by atoms with Crippen molar-refractivity contribution in [2.75, 3.05) is 0 Å². The molecule has 138 valence electrons. The second-order valence-electron chi connectivity index (χ2n) is 7.77. The molecule has 0 bridgehead atoms. The number of benzene rings is 2. The fourth-order valence-corrected chi connectivity index (χ4v) is 2.86. The van der Waals surface area contributed by atoms with Crippen LogP contribution in [0.15, 0.2) is 48.5 Å². The fourth-order valence-electron chi connectivity index (χ4n) is 2.86. The molecule has 0 spiro atoms. The van der Waals surface area contributed by atoms with Crippen LogP contribution >= 0.6 is 0 Å². The summed E-state index contributed by atoms with van der Waals surface area (Å²) in [6.07, 6.45) is 1.46. The number of hydrogen-bond acceptors (Lipinski definition) is 4. The lowest BCUT2D eigenvalue weighted by Gasteiger charge is -2.25. The van der Waals surface area contributed by atoms with Crippen LogP contribution in [-0.4, -0.2) is 33.5 Å². The van der Waals surface area contributed by atoms with Gasteiger partial charge in [0.15, 0.2) is 5.78 Å². The summed E-state index contributed by atoms with van der Waals surface area (Å²) < 4.78 is 0. The topological polar surface area (TPSA) is 74.6 Å². The Morgan fingerprint density at radius 2 is 1.38 bits per heavy atom. The van der Waals surface area contributed by atoms with E-state index in [4.69, 9.17) is 0 Å². The molecule has 4 nitrogen and oxygen atoms in total. The van der Waals surface area contributed by atoms with E-state index in [0.717, 1.165) is 23.0 Å². The molecule has 4 heteroatoms. The standard InChI is InChI=1S/C22H26O4/c1-21(2,25)19(14-23)17-9-5-15(6-10-17)13-16-7-11-18(12-8-16)20(24)22(3,4)26/h5-12,14,19,25-26H,13H2,1-4H3/t19-/m0/s1. The Morgan fingerprint density at radius 1 is 0.923 bits per heavy atom. The molecule has 0 saturated heterocycles. The van der Waals surface area contributed by atoms with E-state index in [0.29, 0.717) is 12.0 Å². The van der Waals surface area contributed by atoms with Crippen LogP contribution in [0.2, 0.25) is 0 Å². The van der Waals surface area contributed by atoms with Crippen molar-refractivity contribution >= 4 is 12.1 Å². The molecule has 2 aromatic rings. The number of aliphatic hydroxyl groups is 2. The van der Waals surface area contributed by atoms with Gasteiger partial charge in [0.05, 0.1) is 11.5 Å². The first-order chi connectivity index (χ1) is 12.0. The van der Waals surface area contributed by atoms with Crippen LogP contribution in [0, 0.1) is 0 Å². The average Bonchev–Trinajstić information content (AvgIpc) is 2.55. The Bertz CT molecular complexity index is 760. The molecule has 2 N–H and O–H groups in total. The van der Waals surface area contributed by atoms with E-state index in [1.165, 1.54) is 13.8 Å². The highest BCUT2D eigenvalue weighted by atomic mass is 16.3. The number of carbonyl (C=O) groups is 2. The van der Waals surface area contributed by atoms with Gasteiger partial charge in [0.2, 0.25) is 0 Å². The van der Waals surface area contributed by atoms with Crippen LogP contribution in [0.3, 0.4) is 0 Å². The second-order valence-corrected chi connectivity index (χ2v) is 7.77. The molecule has 0 saturated carbocycles. The highest BCUT2D eigenvalue weighted by Crippen LogP contribution is 2.26. The molecule has 0 heterocycles. The quantitative estimate of drug-likeness (QED) is 0.591. The van der Waals surface area contributed by atoms with Crippen LogP contribution in [0.1, 0.15) is 60.7 Å². The van der Waals surface area contributed by atoms with Crippen LogP contribution in [-0.2, 0) is 11.2 Å². The molecule has 2 aromatic carbocycles. The molecular formula is C22H26O4. The minimum Gasteiger partial charge on any atom is -0.389 e. The maximum Gasteiger partial charge on any atom is 0.193 e. The predicted molar refractivity (Wildman–Crippen MR) is 101 cm³/mol. The third-order valence-electron chi connectivity index (χ3n) is 4.42. The molecule has 0 aliphatic heterocycles. The lowest BCUT2D eigenvalue weighted by molar-refractivity contribution is -0.113. The Kier molecular flexibility index (Phi) is 5.79. The van der Waals surface area contributed by atoms with Crippen molar-refractivity contribution in [1.29, 1.82) is 0 Å². The molecule has 1 atom stereocenters. The SMILES string of the molecule is CC(C)(O)C(=O)c1ccc(Cc2ccc([C@H](C=O)C(C)(C)O)cc2)cc1. The minimum atomic E-state index is -1.38. The maximum absolute atomic E-state index is 12.0. The van der Waals surface area contributed by atoms with Crippen LogP contribution < -0.4 is 0 Å². The van der Waals surface area contributed by atoms with Gasteiger partial charge in [-0.2, -0.15) is 0 Å². The number of Topliss-reactive ketones (excluding diaryl/α,β-unsaturated/α-hetero) is 1. The Hall–Kier alpha value is -2.30. The predicted octanol–water partition coefficient (Wildman–Crippen LogP) is 3.28. The van der Waals surface area contributed by atoms with E-state index in [2.05, 4.69) is 0 Å². The van der Waals surface area contributed by atoms with Gasteiger partial charge in [0.1, 0.15) is 11.9 Å². The van der Waals surface area contributed by atoms with Crippen LogP contribution in [0.4, 0.5) is 0 Å². The lowest BCUT2D eigenvalue weighted by atomic mass is 9.85. The summed E-state index contributed by atoms with van der Waals surface area (Å²) in [7, 11) is 0. The molecule has 0 radical (unpaired) electrons. The number of ketones is 1. The average molecular weight is 354 g/mol. The van der Waals surface area contributed by atoms with E-state index >= 15 is 0 Å². The number of rotatable bonds is 7. The fraction of sp³-hybridized carbons (Fsp3) is 0.364.